The standard InChI is InChI=1S/C16H24N2O/c1-14(2)13-19-16-6-4-3-5-15(16)7-10-18-11-8-17-9-12-18/h3-6,17H,1,7-13H2,2H3. The summed E-state index contributed by atoms with van der Waals surface area (Å²) in [5.74, 6) is 1.00. The third-order valence-corrected chi connectivity index (χ3v) is 3.35. The van der Waals surface area contributed by atoms with Gasteiger partial charge in [-0.3, -0.25) is 0 Å². The molecule has 1 saturated heterocycles. The number of rotatable bonds is 6. The molecule has 0 atom stereocenters. The molecule has 3 heteroatoms. The molecule has 1 aliphatic heterocycles. The Balaban J connectivity index is 1.89. The number of nitrogens with zero attached hydrogens (tertiary/aromatic N) is 1. The lowest BCUT2D eigenvalue weighted by molar-refractivity contribution is 0.242. The van der Waals surface area contributed by atoms with Gasteiger partial charge in [0.15, 0.2) is 0 Å². The molecule has 0 unspecified atom stereocenters. The maximum absolute atomic E-state index is 5.81. The van der Waals surface area contributed by atoms with Crippen LogP contribution in [0, 0.1) is 0 Å². The van der Waals surface area contributed by atoms with Crippen molar-refractivity contribution >= 4 is 0 Å². The van der Waals surface area contributed by atoms with Crippen LogP contribution in [-0.2, 0) is 6.42 Å². The Morgan fingerprint density at radius 3 is 2.79 bits per heavy atom. The van der Waals surface area contributed by atoms with Gasteiger partial charge in [0.2, 0.25) is 0 Å². The van der Waals surface area contributed by atoms with Gasteiger partial charge in [0.25, 0.3) is 0 Å². The van der Waals surface area contributed by atoms with Crippen molar-refractivity contribution in [2.75, 3.05) is 39.3 Å². The molecule has 2 rings (SSSR count). The van der Waals surface area contributed by atoms with Crippen LogP contribution in [0.4, 0.5) is 0 Å². The zero-order valence-corrected chi connectivity index (χ0v) is 11.8. The first kappa shape index (κ1) is 14.1. The van der Waals surface area contributed by atoms with E-state index in [1.54, 1.807) is 0 Å². The second-order valence-electron chi connectivity index (χ2n) is 5.20. The molecule has 0 spiro atoms. The zero-order chi connectivity index (χ0) is 13.5. The third kappa shape index (κ3) is 4.69. The van der Waals surface area contributed by atoms with Crippen molar-refractivity contribution in [2.45, 2.75) is 13.3 Å². The van der Waals surface area contributed by atoms with Crippen molar-refractivity contribution in [3.05, 3.63) is 42.0 Å². The molecule has 19 heavy (non-hydrogen) atoms. The summed E-state index contributed by atoms with van der Waals surface area (Å²) in [4.78, 5) is 2.51. The Hall–Kier alpha value is -1.32. The highest BCUT2D eigenvalue weighted by Crippen LogP contribution is 2.19. The van der Waals surface area contributed by atoms with Crippen LogP contribution < -0.4 is 10.1 Å². The lowest BCUT2D eigenvalue weighted by Gasteiger charge is -2.27. The first-order valence-corrected chi connectivity index (χ1v) is 7.04. The van der Waals surface area contributed by atoms with Crippen LogP contribution in [0.1, 0.15) is 12.5 Å². The molecule has 1 aliphatic rings. The highest BCUT2D eigenvalue weighted by Gasteiger charge is 2.10. The second kappa shape index (κ2) is 7.31. The van der Waals surface area contributed by atoms with Gasteiger partial charge in [0, 0.05) is 32.7 Å². The van der Waals surface area contributed by atoms with Gasteiger partial charge in [0.05, 0.1) is 0 Å². The zero-order valence-electron chi connectivity index (χ0n) is 11.8. The first-order chi connectivity index (χ1) is 9.25. The van der Waals surface area contributed by atoms with E-state index in [0.29, 0.717) is 6.61 Å². The van der Waals surface area contributed by atoms with E-state index in [-0.39, 0.29) is 0 Å². The van der Waals surface area contributed by atoms with Crippen LogP contribution >= 0.6 is 0 Å². The Bertz CT molecular complexity index is 411. The van der Waals surface area contributed by atoms with Gasteiger partial charge in [-0.05, 0) is 30.5 Å². The summed E-state index contributed by atoms with van der Waals surface area (Å²) in [5.41, 5.74) is 2.35. The Morgan fingerprint density at radius 1 is 1.32 bits per heavy atom. The largest absolute Gasteiger partial charge is 0.489 e. The SMILES string of the molecule is C=C(C)COc1ccccc1CCN1CCNCC1. The van der Waals surface area contributed by atoms with E-state index in [4.69, 9.17) is 4.74 Å². The fourth-order valence-electron chi connectivity index (χ4n) is 2.27. The predicted molar refractivity (Wildman–Crippen MR) is 79.8 cm³/mol. The van der Waals surface area contributed by atoms with Crippen molar-refractivity contribution in [1.82, 2.24) is 10.2 Å². The number of benzene rings is 1. The average Bonchev–Trinajstić information content (AvgIpc) is 2.45. The van der Waals surface area contributed by atoms with E-state index in [2.05, 4.69) is 35.0 Å². The number of nitrogens with one attached hydrogen (secondary N) is 1. The van der Waals surface area contributed by atoms with Gasteiger partial charge < -0.3 is 15.0 Å². The molecular formula is C16H24N2O. The topological polar surface area (TPSA) is 24.5 Å². The van der Waals surface area contributed by atoms with E-state index in [0.717, 1.165) is 50.5 Å². The molecular weight excluding hydrogens is 236 g/mol. The van der Waals surface area contributed by atoms with Crippen molar-refractivity contribution in [3.8, 4) is 5.75 Å². The highest BCUT2D eigenvalue weighted by atomic mass is 16.5. The molecule has 1 fully saturated rings. The Labute approximate surface area is 116 Å². The van der Waals surface area contributed by atoms with Crippen LogP contribution in [0.15, 0.2) is 36.4 Å². The van der Waals surface area contributed by atoms with Gasteiger partial charge in [-0.15, -0.1) is 0 Å². The van der Waals surface area contributed by atoms with Crippen molar-refractivity contribution in [2.24, 2.45) is 0 Å². The second-order valence-corrected chi connectivity index (χ2v) is 5.20. The molecule has 0 saturated carbocycles. The molecule has 0 aromatic heterocycles. The normalized spacial score (nSPS) is 16.3. The summed E-state index contributed by atoms with van der Waals surface area (Å²) in [5, 5.41) is 3.38. The highest BCUT2D eigenvalue weighted by molar-refractivity contribution is 5.33. The number of piperazine rings is 1. The number of hydrogen-bond donors (Lipinski definition) is 1. The summed E-state index contributed by atoms with van der Waals surface area (Å²) in [6.45, 7) is 12.1. The van der Waals surface area contributed by atoms with Crippen LogP contribution in [0.3, 0.4) is 0 Å². The molecule has 0 amide bonds. The smallest absolute Gasteiger partial charge is 0.123 e. The van der Waals surface area contributed by atoms with Crippen LogP contribution in [0.2, 0.25) is 0 Å². The maximum Gasteiger partial charge on any atom is 0.123 e. The summed E-state index contributed by atoms with van der Waals surface area (Å²) >= 11 is 0. The molecule has 0 radical (unpaired) electrons. The lowest BCUT2D eigenvalue weighted by Crippen LogP contribution is -2.44. The van der Waals surface area contributed by atoms with Crippen LogP contribution in [0.25, 0.3) is 0 Å². The van der Waals surface area contributed by atoms with Crippen molar-refractivity contribution in [1.29, 1.82) is 0 Å². The van der Waals surface area contributed by atoms with Crippen molar-refractivity contribution in [3.63, 3.8) is 0 Å². The van der Waals surface area contributed by atoms with E-state index < -0.39 is 0 Å². The summed E-state index contributed by atoms with van der Waals surface area (Å²) in [7, 11) is 0. The molecule has 0 bridgehead atoms. The molecule has 1 aromatic rings. The van der Waals surface area contributed by atoms with Crippen LogP contribution in [-0.4, -0.2) is 44.2 Å². The van der Waals surface area contributed by atoms with E-state index in [9.17, 15) is 0 Å². The summed E-state index contributed by atoms with van der Waals surface area (Å²) < 4.78 is 5.81. The number of ether oxygens (including phenoxy) is 1. The van der Waals surface area contributed by atoms with Crippen LogP contribution in [0.5, 0.6) is 5.75 Å². The number of para-hydroxylation sites is 1. The quantitative estimate of drug-likeness (QED) is 0.793. The van der Waals surface area contributed by atoms with Gasteiger partial charge in [0.1, 0.15) is 12.4 Å². The minimum atomic E-state index is 0.602. The van der Waals surface area contributed by atoms with E-state index >= 15 is 0 Å². The maximum atomic E-state index is 5.81. The van der Waals surface area contributed by atoms with E-state index in [1.807, 2.05) is 13.0 Å². The molecule has 1 N–H and O–H groups in total. The third-order valence-electron chi connectivity index (χ3n) is 3.35. The molecule has 0 aliphatic carbocycles. The Kier molecular flexibility index (Phi) is 5.43. The lowest BCUT2D eigenvalue weighted by atomic mass is 10.1. The molecule has 104 valence electrons. The van der Waals surface area contributed by atoms with Gasteiger partial charge in [-0.2, -0.15) is 0 Å². The Morgan fingerprint density at radius 2 is 2.05 bits per heavy atom. The average molecular weight is 260 g/mol. The van der Waals surface area contributed by atoms with Gasteiger partial charge in [-0.1, -0.05) is 24.8 Å². The molecule has 3 nitrogen and oxygen atoms in total. The summed E-state index contributed by atoms with van der Waals surface area (Å²) in [6.07, 6.45) is 1.05. The molecule has 1 aromatic carbocycles. The van der Waals surface area contributed by atoms with Crippen molar-refractivity contribution < 1.29 is 4.74 Å². The fourth-order valence-corrected chi connectivity index (χ4v) is 2.27. The van der Waals surface area contributed by atoms with Gasteiger partial charge >= 0.3 is 0 Å². The van der Waals surface area contributed by atoms with E-state index in [1.165, 1.54) is 5.56 Å². The number of hydrogen-bond acceptors (Lipinski definition) is 3. The predicted octanol–water partition coefficient (Wildman–Crippen LogP) is 2.09. The fraction of sp³-hybridized carbons (Fsp3) is 0.500. The minimum absolute atomic E-state index is 0.602. The first-order valence-electron chi connectivity index (χ1n) is 7.04. The molecule has 1 heterocycles. The monoisotopic (exact) mass is 260 g/mol. The summed E-state index contributed by atoms with van der Waals surface area (Å²) in [6, 6.07) is 8.33. The minimum Gasteiger partial charge on any atom is -0.489 e. The van der Waals surface area contributed by atoms with Gasteiger partial charge in [-0.25, -0.2) is 0 Å².